The number of hydrogen-bond donors (Lipinski definition) is 0. The predicted molar refractivity (Wildman–Crippen MR) is 67.1 cm³/mol. The zero-order valence-electron chi connectivity index (χ0n) is 9.92. The standard InChI is InChI=1S/C15H12O3/c1-10-11-6-2-4-8-13(11)17-15(16)18-14-9-5-3-7-12(10)14/h2-10H,1H3. The van der Waals surface area contributed by atoms with Gasteiger partial charge in [-0.25, -0.2) is 4.79 Å². The molecule has 0 spiro atoms. The van der Waals surface area contributed by atoms with Crippen molar-refractivity contribution in [3.8, 4) is 11.5 Å². The number of fused-ring (bicyclic) bond motifs is 2. The van der Waals surface area contributed by atoms with Crippen molar-refractivity contribution in [1.82, 2.24) is 0 Å². The summed E-state index contributed by atoms with van der Waals surface area (Å²) in [5.41, 5.74) is 1.98. The first kappa shape index (κ1) is 10.8. The molecule has 3 rings (SSSR count). The maximum Gasteiger partial charge on any atom is 0.519 e. The molecule has 0 unspecified atom stereocenters. The van der Waals surface area contributed by atoms with Crippen LogP contribution < -0.4 is 9.47 Å². The van der Waals surface area contributed by atoms with E-state index < -0.39 is 6.16 Å². The van der Waals surface area contributed by atoms with Crippen LogP contribution >= 0.6 is 0 Å². The molecule has 90 valence electrons. The van der Waals surface area contributed by atoms with Gasteiger partial charge in [0.25, 0.3) is 0 Å². The van der Waals surface area contributed by atoms with Gasteiger partial charge in [0.2, 0.25) is 0 Å². The van der Waals surface area contributed by atoms with Crippen LogP contribution in [0.1, 0.15) is 24.0 Å². The second kappa shape index (κ2) is 4.18. The van der Waals surface area contributed by atoms with Gasteiger partial charge in [-0.1, -0.05) is 43.3 Å². The third-order valence-corrected chi connectivity index (χ3v) is 3.16. The maximum absolute atomic E-state index is 11.6. The Morgan fingerprint density at radius 3 is 1.78 bits per heavy atom. The number of carbonyl (C=O) groups is 1. The molecule has 0 N–H and O–H groups in total. The average Bonchev–Trinajstić information content (AvgIpc) is 2.38. The number of hydrogen-bond acceptors (Lipinski definition) is 3. The summed E-state index contributed by atoms with van der Waals surface area (Å²) in [6, 6.07) is 15.0. The van der Waals surface area contributed by atoms with Gasteiger partial charge >= 0.3 is 6.16 Å². The molecule has 0 fully saturated rings. The van der Waals surface area contributed by atoms with E-state index in [4.69, 9.17) is 9.47 Å². The van der Waals surface area contributed by atoms with Crippen molar-refractivity contribution < 1.29 is 14.3 Å². The van der Waals surface area contributed by atoms with Crippen LogP contribution in [-0.4, -0.2) is 6.16 Å². The first-order valence-corrected chi connectivity index (χ1v) is 5.83. The van der Waals surface area contributed by atoms with Crippen molar-refractivity contribution in [2.75, 3.05) is 0 Å². The molecule has 3 heteroatoms. The lowest BCUT2D eigenvalue weighted by molar-refractivity contribution is 0.149. The molecule has 0 radical (unpaired) electrons. The summed E-state index contributed by atoms with van der Waals surface area (Å²) < 4.78 is 10.4. The van der Waals surface area contributed by atoms with Gasteiger partial charge in [-0.05, 0) is 12.1 Å². The van der Waals surface area contributed by atoms with Gasteiger partial charge in [-0.2, -0.15) is 0 Å². The fraction of sp³-hybridized carbons (Fsp3) is 0.133. The van der Waals surface area contributed by atoms with Crippen LogP contribution in [0.25, 0.3) is 0 Å². The Labute approximate surface area is 105 Å². The van der Waals surface area contributed by atoms with Gasteiger partial charge in [0.1, 0.15) is 11.5 Å². The van der Waals surface area contributed by atoms with Crippen LogP contribution in [0.5, 0.6) is 11.5 Å². The quantitative estimate of drug-likeness (QED) is 0.520. The van der Waals surface area contributed by atoms with E-state index in [1.54, 1.807) is 12.1 Å². The molecule has 0 saturated carbocycles. The first-order chi connectivity index (χ1) is 8.75. The van der Waals surface area contributed by atoms with Crippen LogP contribution in [0.15, 0.2) is 48.5 Å². The smallest absolute Gasteiger partial charge is 0.394 e. The molecule has 2 aromatic rings. The van der Waals surface area contributed by atoms with Crippen molar-refractivity contribution in [2.24, 2.45) is 0 Å². The molecule has 0 saturated heterocycles. The Hall–Kier alpha value is -2.29. The van der Waals surface area contributed by atoms with E-state index in [0.717, 1.165) is 11.1 Å². The molecule has 18 heavy (non-hydrogen) atoms. The molecule has 1 aliphatic rings. The average molecular weight is 240 g/mol. The second-order valence-electron chi connectivity index (χ2n) is 4.25. The van der Waals surface area contributed by atoms with Crippen molar-refractivity contribution in [2.45, 2.75) is 12.8 Å². The molecule has 0 bridgehead atoms. The SMILES string of the molecule is CC1c2ccccc2OC(=O)Oc2ccccc21. The summed E-state index contributed by atoms with van der Waals surface area (Å²) in [7, 11) is 0. The third-order valence-electron chi connectivity index (χ3n) is 3.16. The zero-order valence-corrected chi connectivity index (χ0v) is 9.92. The van der Waals surface area contributed by atoms with Gasteiger partial charge in [0, 0.05) is 17.0 Å². The van der Waals surface area contributed by atoms with Gasteiger partial charge < -0.3 is 9.47 Å². The number of benzene rings is 2. The summed E-state index contributed by atoms with van der Waals surface area (Å²) in [5, 5.41) is 0. The Morgan fingerprint density at radius 1 is 0.833 bits per heavy atom. The second-order valence-corrected chi connectivity index (χ2v) is 4.25. The lowest BCUT2D eigenvalue weighted by atomic mass is 9.91. The minimum atomic E-state index is -0.693. The number of ether oxygens (including phenoxy) is 2. The number of carbonyl (C=O) groups excluding carboxylic acids is 1. The summed E-state index contributed by atoms with van der Waals surface area (Å²) in [5.74, 6) is 1.24. The highest BCUT2D eigenvalue weighted by Crippen LogP contribution is 2.37. The molecular weight excluding hydrogens is 228 g/mol. The topological polar surface area (TPSA) is 35.5 Å². The lowest BCUT2D eigenvalue weighted by Crippen LogP contribution is -2.19. The van der Waals surface area contributed by atoms with Crippen molar-refractivity contribution in [1.29, 1.82) is 0 Å². The third kappa shape index (κ3) is 1.74. The highest BCUT2D eigenvalue weighted by atomic mass is 16.7. The van der Waals surface area contributed by atoms with E-state index in [-0.39, 0.29) is 5.92 Å². The summed E-state index contributed by atoms with van der Waals surface area (Å²) in [6.07, 6.45) is -0.693. The van der Waals surface area contributed by atoms with E-state index in [1.807, 2.05) is 36.4 Å². The normalized spacial score (nSPS) is 14.6. The first-order valence-electron chi connectivity index (χ1n) is 5.83. The van der Waals surface area contributed by atoms with Crippen LogP contribution in [0.2, 0.25) is 0 Å². The molecule has 1 aliphatic heterocycles. The molecule has 0 atom stereocenters. The van der Waals surface area contributed by atoms with E-state index >= 15 is 0 Å². The number of para-hydroxylation sites is 2. The molecular formula is C15H12O3. The monoisotopic (exact) mass is 240 g/mol. The Balaban J connectivity index is 2.20. The van der Waals surface area contributed by atoms with Crippen LogP contribution in [0, 0.1) is 0 Å². The van der Waals surface area contributed by atoms with Gasteiger partial charge in [0.15, 0.2) is 0 Å². The van der Waals surface area contributed by atoms with Crippen molar-refractivity contribution in [3.05, 3.63) is 59.7 Å². The largest absolute Gasteiger partial charge is 0.519 e. The Bertz CT molecular complexity index is 553. The fourth-order valence-corrected chi connectivity index (χ4v) is 2.23. The molecule has 0 amide bonds. The molecule has 2 aromatic carbocycles. The molecule has 1 heterocycles. The van der Waals surface area contributed by atoms with Crippen LogP contribution in [0.4, 0.5) is 4.79 Å². The fourth-order valence-electron chi connectivity index (χ4n) is 2.23. The zero-order chi connectivity index (χ0) is 12.5. The van der Waals surface area contributed by atoms with Gasteiger partial charge in [0.05, 0.1) is 0 Å². The lowest BCUT2D eigenvalue weighted by Gasteiger charge is -2.21. The molecule has 0 aliphatic carbocycles. The highest BCUT2D eigenvalue weighted by Gasteiger charge is 2.23. The van der Waals surface area contributed by atoms with Crippen molar-refractivity contribution in [3.63, 3.8) is 0 Å². The van der Waals surface area contributed by atoms with Gasteiger partial charge in [-0.3, -0.25) is 0 Å². The summed E-state index contributed by atoms with van der Waals surface area (Å²) in [4.78, 5) is 11.6. The van der Waals surface area contributed by atoms with E-state index in [1.165, 1.54) is 0 Å². The van der Waals surface area contributed by atoms with Gasteiger partial charge in [-0.15, -0.1) is 0 Å². The highest BCUT2D eigenvalue weighted by molar-refractivity contribution is 5.70. The van der Waals surface area contributed by atoms with E-state index in [2.05, 4.69) is 6.92 Å². The Morgan fingerprint density at radius 2 is 1.28 bits per heavy atom. The number of rotatable bonds is 0. The molecule has 0 aromatic heterocycles. The Kier molecular flexibility index (Phi) is 2.52. The van der Waals surface area contributed by atoms with Crippen LogP contribution in [0.3, 0.4) is 0 Å². The van der Waals surface area contributed by atoms with Crippen LogP contribution in [-0.2, 0) is 0 Å². The minimum absolute atomic E-state index is 0.116. The maximum atomic E-state index is 11.6. The minimum Gasteiger partial charge on any atom is -0.394 e. The van der Waals surface area contributed by atoms with E-state index in [0.29, 0.717) is 11.5 Å². The van der Waals surface area contributed by atoms with E-state index in [9.17, 15) is 4.79 Å². The summed E-state index contributed by atoms with van der Waals surface area (Å²) in [6.45, 7) is 2.07. The molecule has 3 nitrogen and oxygen atoms in total. The summed E-state index contributed by atoms with van der Waals surface area (Å²) >= 11 is 0. The predicted octanol–water partition coefficient (Wildman–Crippen LogP) is 3.73. The van der Waals surface area contributed by atoms with Crippen molar-refractivity contribution >= 4 is 6.16 Å².